The van der Waals surface area contributed by atoms with Gasteiger partial charge in [-0.05, 0) is 54.5 Å². The first kappa shape index (κ1) is 21.0. The van der Waals surface area contributed by atoms with E-state index < -0.39 is 0 Å². The number of rotatable bonds is 5. The van der Waals surface area contributed by atoms with Gasteiger partial charge in [0.15, 0.2) is 0 Å². The Kier molecular flexibility index (Phi) is 5.83. The molecule has 2 nitrogen and oxygen atoms in total. The van der Waals surface area contributed by atoms with Crippen molar-refractivity contribution in [1.29, 1.82) is 0 Å². The number of halogens is 2. The first-order chi connectivity index (χ1) is 15.1. The second-order valence-corrected chi connectivity index (χ2v) is 9.85. The Bertz CT molecular complexity index is 992. The molecule has 3 aromatic rings. The Balaban J connectivity index is 1.58. The Hall–Kier alpha value is -1.84. The van der Waals surface area contributed by atoms with Crippen molar-refractivity contribution in [1.82, 2.24) is 4.90 Å². The molecule has 5 rings (SSSR count). The third-order valence-electron chi connectivity index (χ3n) is 7.40. The van der Waals surface area contributed by atoms with E-state index in [0.29, 0.717) is 18.6 Å². The normalized spacial score (nSPS) is 25.8. The molecule has 2 bridgehead atoms. The van der Waals surface area contributed by atoms with Crippen molar-refractivity contribution in [2.24, 2.45) is 5.73 Å². The van der Waals surface area contributed by atoms with Gasteiger partial charge in [0.25, 0.3) is 0 Å². The molecular formula is C27H28Cl2N2. The number of fused-ring (bicyclic) bond motifs is 2. The van der Waals surface area contributed by atoms with Gasteiger partial charge in [0, 0.05) is 34.1 Å². The van der Waals surface area contributed by atoms with E-state index in [4.69, 9.17) is 28.9 Å². The number of hydrogen-bond acceptors (Lipinski definition) is 2. The number of benzene rings is 3. The summed E-state index contributed by atoms with van der Waals surface area (Å²) in [6, 6.07) is 28.2. The van der Waals surface area contributed by atoms with Gasteiger partial charge in [0.05, 0.1) is 6.04 Å². The molecule has 0 saturated carbocycles. The molecule has 0 unspecified atom stereocenters. The molecular weight excluding hydrogens is 423 g/mol. The van der Waals surface area contributed by atoms with Crippen molar-refractivity contribution < 1.29 is 0 Å². The Morgan fingerprint density at radius 3 is 1.74 bits per heavy atom. The van der Waals surface area contributed by atoms with Crippen molar-refractivity contribution in [2.75, 3.05) is 6.54 Å². The summed E-state index contributed by atoms with van der Waals surface area (Å²) >= 11 is 13.5. The second-order valence-electron chi connectivity index (χ2n) is 9.04. The van der Waals surface area contributed by atoms with E-state index in [0.717, 1.165) is 34.0 Å². The summed E-state index contributed by atoms with van der Waals surface area (Å²) < 4.78 is 0. The fourth-order valence-electron chi connectivity index (χ4n) is 6.00. The van der Waals surface area contributed by atoms with E-state index in [1.807, 2.05) is 24.3 Å². The molecule has 2 heterocycles. The van der Waals surface area contributed by atoms with Gasteiger partial charge < -0.3 is 5.73 Å². The predicted molar refractivity (Wildman–Crippen MR) is 130 cm³/mol. The lowest BCUT2D eigenvalue weighted by Gasteiger charge is -2.50. The highest BCUT2D eigenvalue weighted by Crippen LogP contribution is 2.52. The average Bonchev–Trinajstić information content (AvgIpc) is 3.06. The molecule has 2 N–H and O–H groups in total. The van der Waals surface area contributed by atoms with Gasteiger partial charge in [-0.15, -0.1) is 0 Å². The summed E-state index contributed by atoms with van der Waals surface area (Å²) in [6.07, 6.45) is 4.50. The first-order valence-corrected chi connectivity index (χ1v) is 11.9. The molecule has 2 saturated heterocycles. The zero-order valence-corrected chi connectivity index (χ0v) is 19.1. The summed E-state index contributed by atoms with van der Waals surface area (Å²) in [4.78, 5) is 2.69. The molecule has 2 aliphatic rings. The van der Waals surface area contributed by atoms with Crippen LogP contribution in [0.5, 0.6) is 0 Å². The number of hydrogen-bond donors (Lipinski definition) is 1. The number of nitrogens with zero attached hydrogens (tertiary/aromatic N) is 1. The summed E-state index contributed by atoms with van der Waals surface area (Å²) in [7, 11) is 0. The van der Waals surface area contributed by atoms with E-state index in [1.54, 1.807) is 0 Å². The molecule has 0 aliphatic carbocycles. The van der Waals surface area contributed by atoms with Gasteiger partial charge in [0.1, 0.15) is 0 Å². The van der Waals surface area contributed by atoms with Crippen LogP contribution in [0.1, 0.15) is 48.4 Å². The van der Waals surface area contributed by atoms with Crippen molar-refractivity contribution in [3.8, 4) is 0 Å². The molecule has 3 aromatic carbocycles. The van der Waals surface area contributed by atoms with Crippen LogP contribution in [0, 0.1) is 0 Å². The van der Waals surface area contributed by atoms with Crippen molar-refractivity contribution in [3.05, 3.63) is 106 Å². The van der Waals surface area contributed by atoms with Crippen molar-refractivity contribution in [2.45, 2.75) is 49.2 Å². The molecule has 2 atom stereocenters. The number of piperidine rings is 1. The van der Waals surface area contributed by atoms with Crippen molar-refractivity contribution in [3.63, 3.8) is 0 Å². The third kappa shape index (κ3) is 3.70. The summed E-state index contributed by atoms with van der Waals surface area (Å²) in [5, 5.41) is 1.59. The molecule has 31 heavy (non-hydrogen) atoms. The highest BCUT2D eigenvalue weighted by Gasteiger charge is 2.51. The summed E-state index contributed by atoms with van der Waals surface area (Å²) in [6.45, 7) is 0.681. The fraction of sp³-hybridized carbons (Fsp3) is 0.333. The van der Waals surface area contributed by atoms with Crippen LogP contribution in [0.25, 0.3) is 0 Å². The van der Waals surface area contributed by atoms with Crippen LogP contribution in [0.3, 0.4) is 0 Å². The monoisotopic (exact) mass is 450 g/mol. The van der Waals surface area contributed by atoms with Crippen LogP contribution in [-0.4, -0.2) is 23.5 Å². The van der Waals surface area contributed by atoms with E-state index in [-0.39, 0.29) is 11.5 Å². The molecule has 0 amide bonds. The molecule has 160 valence electrons. The third-order valence-corrected chi connectivity index (χ3v) is 8.09. The van der Waals surface area contributed by atoms with Gasteiger partial charge in [-0.2, -0.15) is 0 Å². The molecule has 2 fully saturated rings. The average molecular weight is 451 g/mol. The molecule has 4 heteroatoms. The maximum Gasteiger partial charge on any atom is 0.0636 e. The lowest BCUT2D eigenvalue weighted by molar-refractivity contribution is 0.0601. The molecule has 0 radical (unpaired) electrons. The summed E-state index contributed by atoms with van der Waals surface area (Å²) in [5.41, 5.74) is 10.1. The minimum atomic E-state index is 0.0368. The van der Waals surface area contributed by atoms with Gasteiger partial charge >= 0.3 is 0 Å². The van der Waals surface area contributed by atoms with E-state index in [2.05, 4.69) is 59.5 Å². The largest absolute Gasteiger partial charge is 0.330 e. The van der Waals surface area contributed by atoms with Gasteiger partial charge in [0.2, 0.25) is 0 Å². The lowest BCUT2D eigenvalue weighted by atomic mass is 9.69. The topological polar surface area (TPSA) is 29.3 Å². The van der Waals surface area contributed by atoms with Crippen LogP contribution in [-0.2, 0) is 5.41 Å². The minimum absolute atomic E-state index is 0.0368. The zero-order valence-electron chi connectivity index (χ0n) is 17.6. The second kappa shape index (κ2) is 8.60. The van der Waals surface area contributed by atoms with Crippen molar-refractivity contribution >= 4 is 23.2 Å². The van der Waals surface area contributed by atoms with Crippen LogP contribution in [0.15, 0.2) is 78.9 Å². The molecule has 0 aromatic heterocycles. The SMILES string of the molecule is NCC1(c2ccccc2)C[C@@H]2CC[C@@H](C1)N2C(c1ccccc1Cl)c1ccccc1Cl. The fourth-order valence-corrected chi connectivity index (χ4v) is 6.48. The summed E-state index contributed by atoms with van der Waals surface area (Å²) in [5.74, 6) is 0. The Morgan fingerprint density at radius 1 is 0.774 bits per heavy atom. The standard InChI is InChI=1S/C27H28Cl2N2/c28-24-12-6-4-10-22(24)26(23-11-5-7-13-25(23)29)31-20-14-15-21(31)17-27(16-20,18-30)19-8-2-1-3-9-19/h1-13,20-21,26H,14-18,30H2/t20-,21-/m0/s1. The highest BCUT2D eigenvalue weighted by molar-refractivity contribution is 6.32. The van der Waals surface area contributed by atoms with Gasteiger partial charge in [-0.1, -0.05) is 89.9 Å². The van der Waals surface area contributed by atoms with E-state index in [9.17, 15) is 0 Å². The number of nitrogens with two attached hydrogens (primary N) is 1. The van der Waals surface area contributed by atoms with E-state index >= 15 is 0 Å². The van der Waals surface area contributed by atoms with Gasteiger partial charge in [-0.25, -0.2) is 0 Å². The highest BCUT2D eigenvalue weighted by atomic mass is 35.5. The first-order valence-electron chi connectivity index (χ1n) is 11.1. The predicted octanol–water partition coefficient (Wildman–Crippen LogP) is 6.61. The van der Waals surface area contributed by atoms with E-state index in [1.165, 1.54) is 18.4 Å². The zero-order chi connectivity index (χ0) is 21.4. The lowest BCUT2D eigenvalue weighted by Crippen LogP contribution is -2.53. The maximum atomic E-state index is 6.75. The van der Waals surface area contributed by atoms with Crippen LogP contribution in [0.4, 0.5) is 0 Å². The Labute approximate surface area is 195 Å². The smallest absolute Gasteiger partial charge is 0.0636 e. The minimum Gasteiger partial charge on any atom is -0.330 e. The van der Waals surface area contributed by atoms with Crippen LogP contribution >= 0.6 is 23.2 Å². The van der Waals surface area contributed by atoms with Crippen LogP contribution in [0.2, 0.25) is 10.0 Å². The molecule has 0 spiro atoms. The quantitative estimate of drug-likeness (QED) is 0.473. The van der Waals surface area contributed by atoms with Gasteiger partial charge in [-0.3, -0.25) is 4.90 Å². The molecule has 2 aliphatic heterocycles. The van der Waals surface area contributed by atoms with Crippen LogP contribution < -0.4 is 5.73 Å². The Morgan fingerprint density at radius 2 is 1.26 bits per heavy atom. The maximum absolute atomic E-state index is 6.75.